The first kappa shape index (κ1) is 20.8. The highest BCUT2D eigenvalue weighted by atomic mass is 32.2. The Labute approximate surface area is 189 Å². The molecule has 2 aliphatic rings. The minimum Gasteiger partial charge on any atom is -0.310 e. The third-order valence-electron chi connectivity index (χ3n) is 6.18. The van der Waals surface area contributed by atoms with E-state index in [0.29, 0.717) is 17.7 Å². The molecule has 0 radical (unpaired) electrons. The number of hydrogen-bond donors (Lipinski definition) is 1. The fourth-order valence-electron chi connectivity index (χ4n) is 4.75. The van der Waals surface area contributed by atoms with Gasteiger partial charge in [0.05, 0.1) is 23.4 Å². The summed E-state index contributed by atoms with van der Waals surface area (Å²) in [7, 11) is 0. The van der Waals surface area contributed by atoms with Crippen LogP contribution in [-0.4, -0.2) is 31.0 Å². The van der Waals surface area contributed by atoms with E-state index in [-0.39, 0.29) is 17.2 Å². The Morgan fingerprint density at radius 3 is 2.94 bits per heavy atom. The number of thiophene rings is 1. The molecule has 0 aromatic carbocycles. The topological polar surface area (TPSA) is 81.8 Å². The van der Waals surface area contributed by atoms with Crippen molar-refractivity contribution < 1.29 is 4.79 Å². The molecule has 7 nitrogen and oxygen atoms in total. The Hall–Kier alpha value is -2.13. The number of aryl methyl sites for hydroxylation is 2. The summed E-state index contributed by atoms with van der Waals surface area (Å²) in [6.07, 6.45) is 10.4. The van der Waals surface area contributed by atoms with Gasteiger partial charge in [-0.2, -0.15) is 5.10 Å². The predicted molar refractivity (Wildman–Crippen MR) is 125 cm³/mol. The average molecular weight is 458 g/mol. The van der Waals surface area contributed by atoms with E-state index in [1.54, 1.807) is 22.1 Å². The van der Waals surface area contributed by atoms with Crippen LogP contribution in [0.15, 0.2) is 22.2 Å². The number of anilines is 1. The minimum absolute atomic E-state index is 0.0495. The molecule has 0 bridgehead atoms. The van der Waals surface area contributed by atoms with Crippen LogP contribution in [0.3, 0.4) is 0 Å². The van der Waals surface area contributed by atoms with Crippen LogP contribution in [0, 0.1) is 0 Å². The van der Waals surface area contributed by atoms with E-state index in [2.05, 4.69) is 17.3 Å². The quantitative estimate of drug-likeness (QED) is 0.420. The van der Waals surface area contributed by atoms with Crippen molar-refractivity contribution in [2.45, 2.75) is 76.0 Å². The predicted octanol–water partition coefficient (Wildman–Crippen LogP) is 4.40. The van der Waals surface area contributed by atoms with Crippen LogP contribution in [0.25, 0.3) is 10.2 Å². The first-order valence-electron chi connectivity index (χ1n) is 11.2. The lowest BCUT2D eigenvalue weighted by Crippen LogP contribution is -2.24. The van der Waals surface area contributed by atoms with Crippen molar-refractivity contribution in [1.82, 2.24) is 19.3 Å². The van der Waals surface area contributed by atoms with E-state index in [0.717, 1.165) is 54.6 Å². The number of thioether (sulfide) groups is 1. The molecule has 0 unspecified atom stereocenters. The average Bonchev–Trinajstić information content (AvgIpc) is 3.52. The van der Waals surface area contributed by atoms with E-state index >= 15 is 0 Å². The largest absolute Gasteiger partial charge is 0.310 e. The molecule has 164 valence electrons. The highest BCUT2D eigenvalue weighted by Gasteiger charge is 2.24. The summed E-state index contributed by atoms with van der Waals surface area (Å²) in [5.74, 6) is 0.861. The van der Waals surface area contributed by atoms with Crippen LogP contribution in [0.2, 0.25) is 0 Å². The van der Waals surface area contributed by atoms with Crippen LogP contribution in [-0.2, 0) is 24.2 Å². The maximum absolute atomic E-state index is 13.3. The molecule has 2 aliphatic carbocycles. The molecule has 0 atom stereocenters. The zero-order valence-corrected chi connectivity index (χ0v) is 19.4. The maximum atomic E-state index is 13.3. The number of nitrogens with zero attached hydrogens (tertiary/aromatic N) is 4. The fourth-order valence-corrected chi connectivity index (χ4v) is 6.88. The van der Waals surface area contributed by atoms with E-state index in [9.17, 15) is 9.59 Å². The Morgan fingerprint density at radius 1 is 1.29 bits per heavy atom. The van der Waals surface area contributed by atoms with Gasteiger partial charge < -0.3 is 5.32 Å². The van der Waals surface area contributed by atoms with Gasteiger partial charge >= 0.3 is 0 Å². The number of amides is 1. The molecule has 31 heavy (non-hydrogen) atoms. The van der Waals surface area contributed by atoms with Crippen LogP contribution in [0.5, 0.6) is 0 Å². The van der Waals surface area contributed by atoms with Gasteiger partial charge in [0.25, 0.3) is 5.56 Å². The molecule has 1 fully saturated rings. The molecule has 3 aromatic rings. The highest BCUT2D eigenvalue weighted by molar-refractivity contribution is 7.99. The van der Waals surface area contributed by atoms with Gasteiger partial charge in [0.2, 0.25) is 5.91 Å². The molecule has 1 N–H and O–H groups in total. The first-order valence-corrected chi connectivity index (χ1v) is 13.0. The number of carbonyl (C=O) groups is 1. The van der Waals surface area contributed by atoms with Gasteiger partial charge in [-0.3, -0.25) is 14.2 Å². The Kier molecular flexibility index (Phi) is 5.88. The van der Waals surface area contributed by atoms with Crippen molar-refractivity contribution in [2.24, 2.45) is 0 Å². The van der Waals surface area contributed by atoms with Gasteiger partial charge in [0, 0.05) is 17.5 Å². The molecule has 0 saturated heterocycles. The third-order valence-corrected chi connectivity index (χ3v) is 8.34. The van der Waals surface area contributed by atoms with E-state index in [1.807, 2.05) is 10.7 Å². The number of rotatable bonds is 7. The summed E-state index contributed by atoms with van der Waals surface area (Å²) in [4.78, 5) is 32.9. The first-order chi connectivity index (χ1) is 15.2. The molecule has 1 amide bonds. The van der Waals surface area contributed by atoms with Crippen LogP contribution in [0.1, 0.15) is 61.9 Å². The summed E-state index contributed by atoms with van der Waals surface area (Å²) >= 11 is 2.99. The second-order valence-corrected chi connectivity index (χ2v) is 10.4. The second-order valence-electron chi connectivity index (χ2n) is 8.32. The molecule has 3 heterocycles. The Bertz CT molecular complexity index is 1170. The van der Waals surface area contributed by atoms with Crippen molar-refractivity contribution in [3.05, 3.63) is 33.1 Å². The zero-order valence-electron chi connectivity index (χ0n) is 17.7. The van der Waals surface area contributed by atoms with Crippen molar-refractivity contribution in [2.75, 3.05) is 11.1 Å². The standard InChI is InChI=1S/C22H27N5O2S2/c1-2-12-26-21(29)19-15-8-5-9-16(15)31-20(19)25-22(26)30-13-18(28)24-17-10-11-23-27(17)14-6-3-4-7-14/h10-11,14H,2-9,12-13H2,1H3,(H,24,28). The van der Waals surface area contributed by atoms with E-state index in [1.165, 1.54) is 35.0 Å². The lowest BCUT2D eigenvalue weighted by atomic mass is 10.2. The van der Waals surface area contributed by atoms with Crippen molar-refractivity contribution in [1.29, 1.82) is 0 Å². The molecule has 0 spiro atoms. The lowest BCUT2D eigenvalue weighted by molar-refractivity contribution is -0.113. The summed E-state index contributed by atoms with van der Waals surface area (Å²) in [6.45, 7) is 2.67. The number of fused-ring (bicyclic) bond motifs is 3. The lowest BCUT2D eigenvalue weighted by Gasteiger charge is -2.15. The second kappa shape index (κ2) is 8.78. The molecular formula is C22H27N5O2S2. The molecular weight excluding hydrogens is 430 g/mol. The summed E-state index contributed by atoms with van der Waals surface area (Å²) in [5.41, 5.74) is 1.25. The molecule has 9 heteroatoms. The van der Waals surface area contributed by atoms with Gasteiger partial charge in [-0.15, -0.1) is 11.3 Å². The number of carbonyl (C=O) groups excluding carboxylic acids is 1. The zero-order chi connectivity index (χ0) is 21.4. The van der Waals surface area contributed by atoms with Crippen LogP contribution >= 0.6 is 23.1 Å². The molecule has 0 aliphatic heterocycles. The molecule has 3 aromatic heterocycles. The number of nitrogens with one attached hydrogen (secondary N) is 1. The molecule has 5 rings (SSSR count). The SMILES string of the molecule is CCCn1c(SCC(=O)Nc2ccnn2C2CCCC2)nc2sc3c(c2c1=O)CCC3. The number of hydrogen-bond acceptors (Lipinski definition) is 6. The van der Waals surface area contributed by atoms with Gasteiger partial charge in [0.15, 0.2) is 5.16 Å². The summed E-state index contributed by atoms with van der Waals surface area (Å²) < 4.78 is 3.70. The van der Waals surface area contributed by atoms with Crippen LogP contribution in [0.4, 0.5) is 5.82 Å². The van der Waals surface area contributed by atoms with E-state index < -0.39 is 0 Å². The van der Waals surface area contributed by atoms with Gasteiger partial charge in [-0.05, 0) is 44.1 Å². The summed E-state index contributed by atoms with van der Waals surface area (Å²) in [6, 6.07) is 2.23. The van der Waals surface area contributed by atoms with Crippen molar-refractivity contribution >= 4 is 45.0 Å². The van der Waals surface area contributed by atoms with Crippen molar-refractivity contribution in [3.8, 4) is 0 Å². The smallest absolute Gasteiger partial charge is 0.263 e. The molecule has 1 saturated carbocycles. The Morgan fingerprint density at radius 2 is 2.13 bits per heavy atom. The monoisotopic (exact) mass is 457 g/mol. The Balaban J connectivity index is 1.35. The van der Waals surface area contributed by atoms with Crippen molar-refractivity contribution in [3.63, 3.8) is 0 Å². The fraction of sp³-hybridized carbons (Fsp3) is 0.545. The third kappa shape index (κ3) is 3.93. The van der Waals surface area contributed by atoms with Gasteiger partial charge in [-0.1, -0.05) is 31.5 Å². The maximum Gasteiger partial charge on any atom is 0.263 e. The van der Waals surface area contributed by atoms with E-state index in [4.69, 9.17) is 4.98 Å². The van der Waals surface area contributed by atoms with Crippen LogP contribution < -0.4 is 10.9 Å². The number of aromatic nitrogens is 4. The van der Waals surface area contributed by atoms with Gasteiger partial charge in [-0.25, -0.2) is 9.67 Å². The highest BCUT2D eigenvalue weighted by Crippen LogP contribution is 2.36. The van der Waals surface area contributed by atoms with Gasteiger partial charge in [0.1, 0.15) is 10.6 Å². The minimum atomic E-state index is -0.101. The summed E-state index contributed by atoms with van der Waals surface area (Å²) in [5, 5.41) is 8.86. The normalized spacial score (nSPS) is 16.3.